The first kappa shape index (κ1) is 15.2. The maximum absolute atomic E-state index is 9.94. The van der Waals surface area contributed by atoms with Gasteiger partial charge in [-0.05, 0) is 50.9 Å². The van der Waals surface area contributed by atoms with E-state index in [1.807, 2.05) is 42.5 Å². The summed E-state index contributed by atoms with van der Waals surface area (Å²) in [4.78, 5) is 0. The summed E-state index contributed by atoms with van der Waals surface area (Å²) in [6.45, 7) is 0. The molecule has 4 rings (SSSR count). The number of hydrogen-bond acceptors (Lipinski definition) is 2. The van der Waals surface area contributed by atoms with Gasteiger partial charge in [-0.3, -0.25) is 0 Å². The molecule has 0 saturated heterocycles. The molecule has 0 fully saturated rings. The van der Waals surface area contributed by atoms with Crippen LogP contribution in [0.5, 0.6) is 5.75 Å². The number of hydrogen-bond donors (Lipinski definition) is 0. The summed E-state index contributed by atoms with van der Waals surface area (Å²) in [5, 5.41) is 14.6. The molecule has 0 spiro atoms. The van der Waals surface area contributed by atoms with Crippen molar-refractivity contribution in [1.29, 1.82) is 5.26 Å². The van der Waals surface area contributed by atoms with E-state index < -0.39 is 0 Å². The van der Waals surface area contributed by atoms with Gasteiger partial charge in [-0.1, -0.05) is 60.7 Å². The van der Waals surface area contributed by atoms with Crippen molar-refractivity contribution >= 4 is 21.5 Å². The predicted octanol–water partition coefficient (Wildman–Crippen LogP) is 5.66. The molecule has 0 aliphatic carbocycles. The number of fused-ring (bicyclic) bond motifs is 3. The SMILES string of the molecule is COc1cccc(C(C#N)c2cc3ccccc3c3ccccc23)c1. The van der Waals surface area contributed by atoms with E-state index >= 15 is 0 Å². The zero-order chi connectivity index (χ0) is 17.2. The highest BCUT2D eigenvalue weighted by Crippen LogP contribution is 2.36. The van der Waals surface area contributed by atoms with E-state index in [4.69, 9.17) is 4.74 Å². The summed E-state index contributed by atoms with van der Waals surface area (Å²) >= 11 is 0. The Morgan fingerprint density at radius 2 is 1.52 bits per heavy atom. The van der Waals surface area contributed by atoms with Gasteiger partial charge in [0.2, 0.25) is 0 Å². The van der Waals surface area contributed by atoms with Crippen molar-refractivity contribution < 1.29 is 4.74 Å². The molecule has 0 N–H and O–H groups in total. The number of nitriles is 1. The highest BCUT2D eigenvalue weighted by molar-refractivity contribution is 6.09. The zero-order valence-corrected chi connectivity index (χ0v) is 13.9. The van der Waals surface area contributed by atoms with Crippen molar-refractivity contribution in [2.24, 2.45) is 0 Å². The Balaban J connectivity index is 2.02. The third kappa shape index (κ3) is 2.60. The third-order valence-corrected chi connectivity index (χ3v) is 4.67. The van der Waals surface area contributed by atoms with Crippen LogP contribution in [-0.4, -0.2) is 7.11 Å². The molecule has 120 valence electrons. The first-order valence-electron chi connectivity index (χ1n) is 8.26. The molecule has 2 nitrogen and oxygen atoms in total. The van der Waals surface area contributed by atoms with Crippen LogP contribution in [0.1, 0.15) is 17.0 Å². The minimum absolute atomic E-state index is 0.343. The summed E-state index contributed by atoms with van der Waals surface area (Å²) in [7, 11) is 1.64. The Morgan fingerprint density at radius 1 is 0.800 bits per heavy atom. The van der Waals surface area contributed by atoms with E-state index in [-0.39, 0.29) is 5.92 Å². The number of nitrogens with zero attached hydrogens (tertiary/aromatic N) is 1. The summed E-state index contributed by atoms with van der Waals surface area (Å²) in [5.74, 6) is 0.424. The molecule has 0 saturated carbocycles. The molecule has 2 heteroatoms. The topological polar surface area (TPSA) is 33.0 Å². The lowest BCUT2D eigenvalue weighted by atomic mass is 9.86. The van der Waals surface area contributed by atoms with Crippen LogP contribution in [0.3, 0.4) is 0 Å². The lowest BCUT2D eigenvalue weighted by Gasteiger charge is -2.16. The van der Waals surface area contributed by atoms with Crippen LogP contribution in [0, 0.1) is 11.3 Å². The van der Waals surface area contributed by atoms with Crippen LogP contribution >= 0.6 is 0 Å². The van der Waals surface area contributed by atoms with Crippen molar-refractivity contribution in [3.63, 3.8) is 0 Å². The molecular weight excluding hydrogens is 306 g/mol. The molecule has 0 bridgehead atoms. The molecule has 0 amide bonds. The van der Waals surface area contributed by atoms with Crippen molar-refractivity contribution in [1.82, 2.24) is 0 Å². The van der Waals surface area contributed by atoms with Gasteiger partial charge in [-0.25, -0.2) is 0 Å². The van der Waals surface area contributed by atoms with Gasteiger partial charge < -0.3 is 4.74 Å². The smallest absolute Gasteiger partial charge is 0.119 e. The average Bonchev–Trinajstić information content (AvgIpc) is 2.69. The monoisotopic (exact) mass is 323 g/mol. The first-order chi connectivity index (χ1) is 12.3. The maximum atomic E-state index is 9.94. The van der Waals surface area contributed by atoms with Gasteiger partial charge in [0, 0.05) is 0 Å². The van der Waals surface area contributed by atoms with Crippen LogP contribution in [0.25, 0.3) is 21.5 Å². The quantitative estimate of drug-likeness (QED) is 0.456. The molecule has 4 aromatic rings. The molecule has 0 radical (unpaired) electrons. The van der Waals surface area contributed by atoms with E-state index in [0.717, 1.165) is 27.6 Å². The van der Waals surface area contributed by atoms with E-state index in [9.17, 15) is 5.26 Å². The molecule has 0 aliphatic heterocycles. The Labute approximate surface area is 146 Å². The molecule has 1 atom stereocenters. The Morgan fingerprint density at radius 3 is 2.28 bits per heavy atom. The van der Waals surface area contributed by atoms with E-state index in [0.29, 0.717) is 0 Å². The first-order valence-corrected chi connectivity index (χ1v) is 8.26. The van der Waals surface area contributed by atoms with Crippen molar-refractivity contribution in [2.75, 3.05) is 7.11 Å². The van der Waals surface area contributed by atoms with Crippen LogP contribution < -0.4 is 4.74 Å². The summed E-state index contributed by atoms with van der Waals surface area (Å²) in [6, 6.07) is 29.0. The summed E-state index contributed by atoms with van der Waals surface area (Å²) in [5.41, 5.74) is 1.98. The summed E-state index contributed by atoms with van der Waals surface area (Å²) < 4.78 is 5.33. The highest BCUT2D eigenvalue weighted by Gasteiger charge is 2.18. The lowest BCUT2D eigenvalue weighted by Crippen LogP contribution is -2.00. The zero-order valence-electron chi connectivity index (χ0n) is 13.9. The molecule has 0 heterocycles. The molecule has 1 unspecified atom stereocenters. The fraction of sp³-hybridized carbons (Fsp3) is 0.0870. The molecule has 0 aliphatic rings. The molecule has 0 aromatic heterocycles. The van der Waals surface area contributed by atoms with E-state index in [1.54, 1.807) is 7.11 Å². The maximum Gasteiger partial charge on any atom is 0.119 e. The van der Waals surface area contributed by atoms with Crippen LogP contribution in [0.15, 0.2) is 78.9 Å². The van der Waals surface area contributed by atoms with Crippen molar-refractivity contribution in [2.45, 2.75) is 5.92 Å². The number of benzene rings is 4. The van der Waals surface area contributed by atoms with Crippen LogP contribution in [0.2, 0.25) is 0 Å². The van der Waals surface area contributed by atoms with Gasteiger partial charge in [-0.2, -0.15) is 5.26 Å². The standard InChI is InChI=1S/C23H17NO/c1-25-18-9-6-8-16(13-18)23(15-24)22-14-17-7-2-3-10-19(17)20-11-4-5-12-21(20)22/h2-14,23H,1H3. The Hall–Kier alpha value is -3.31. The lowest BCUT2D eigenvalue weighted by molar-refractivity contribution is 0.414. The van der Waals surface area contributed by atoms with Crippen molar-refractivity contribution in [3.05, 3.63) is 90.0 Å². The molecule has 4 aromatic carbocycles. The van der Waals surface area contributed by atoms with Crippen molar-refractivity contribution in [3.8, 4) is 11.8 Å². The fourth-order valence-corrected chi connectivity index (χ4v) is 3.47. The van der Waals surface area contributed by atoms with Gasteiger partial charge in [-0.15, -0.1) is 0 Å². The highest BCUT2D eigenvalue weighted by atomic mass is 16.5. The molecular formula is C23H17NO. The number of rotatable bonds is 3. The van der Waals surface area contributed by atoms with E-state index in [1.165, 1.54) is 10.8 Å². The number of methoxy groups -OCH3 is 1. The van der Waals surface area contributed by atoms with Gasteiger partial charge in [0.25, 0.3) is 0 Å². The normalized spacial score (nSPS) is 12.0. The van der Waals surface area contributed by atoms with Gasteiger partial charge in [0.1, 0.15) is 5.75 Å². The molecule has 25 heavy (non-hydrogen) atoms. The van der Waals surface area contributed by atoms with Crippen LogP contribution in [-0.2, 0) is 0 Å². The second-order valence-corrected chi connectivity index (χ2v) is 6.07. The number of ether oxygens (including phenoxy) is 1. The van der Waals surface area contributed by atoms with Gasteiger partial charge in [0.05, 0.1) is 19.1 Å². The average molecular weight is 323 g/mol. The van der Waals surface area contributed by atoms with Gasteiger partial charge >= 0.3 is 0 Å². The second-order valence-electron chi connectivity index (χ2n) is 6.07. The second kappa shape index (κ2) is 6.30. The van der Waals surface area contributed by atoms with E-state index in [2.05, 4.69) is 42.5 Å². The Kier molecular flexibility index (Phi) is 3.84. The summed E-state index contributed by atoms with van der Waals surface area (Å²) in [6.07, 6.45) is 0. The fourth-order valence-electron chi connectivity index (χ4n) is 3.47. The Bertz CT molecular complexity index is 1110. The third-order valence-electron chi connectivity index (χ3n) is 4.67. The largest absolute Gasteiger partial charge is 0.497 e. The predicted molar refractivity (Wildman–Crippen MR) is 102 cm³/mol. The van der Waals surface area contributed by atoms with Crippen LogP contribution in [0.4, 0.5) is 0 Å². The minimum atomic E-state index is -0.343. The van der Waals surface area contributed by atoms with Gasteiger partial charge in [0.15, 0.2) is 0 Å². The minimum Gasteiger partial charge on any atom is -0.497 e.